The fourth-order valence-electron chi connectivity index (χ4n) is 2.26. The van der Waals surface area contributed by atoms with Crippen LogP contribution in [0.1, 0.15) is 63.6 Å². The molecule has 0 heterocycles. The molecule has 0 radical (unpaired) electrons. The van der Waals surface area contributed by atoms with E-state index < -0.39 is 0 Å². The van der Waals surface area contributed by atoms with Crippen LogP contribution < -0.4 is 5.32 Å². The van der Waals surface area contributed by atoms with Crippen molar-refractivity contribution in [3.8, 4) is 0 Å². The van der Waals surface area contributed by atoms with E-state index in [4.69, 9.17) is 11.6 Å². The molecule has 0 aliphatic rings. The Hall–Kier alpha value is -0.530. The van der Waals surface area contributed by atoms with Gasteiger partial charge in [0.15, 0.2) is 0 Å². The molecule has 0 bridgehead atoms. The van der Waals surface area contributed by atoms with Crippen LogP contribution in [0.4, 0.5) is 0 Å². The zero-order valence-electron chi connectivity index (χ0n) is 12.8. The van der Waals surface area contributed by atoms with Crippen LogP contribution >= 0.6 is 11.6 Å². The Balaban J connectivity index is 2.68. The van der Waals surface area contributed by atoms with Gasteiger partial charge in [-0.2, -0.15) is 0 Å². The van der Waals surface area contributed by atoms with Gasteiger partial charge in [-0.25, -0.2) is 0 Å². The van der Waals surface area contributed by atoms with E-state index in [1.54, 1.807) is 0 Å². The lowest BCUT2D eigenvalue weighted by Crippen LogP contribution is -2.22. The average molecular weight is 282 g/mol. The van der Waals surface area contributed by atoms with Crippen molar-refractivity contribution in [1.29, 1.82) is 0 Å². The molecule has 1 N–H and O–H groups in total. The zero-order chi connectivity index (χ0) is 14.3. The minimum atomic E-state index is 0.441. The molecule has 0 saturated heterocycles. The van der Waals surface area contributed by atoms with Crippen molar-refractivity contribution >= 4 is 11.6 Å². The predicted molar refractivity (Wildman–Crippen MR) is 85.9 cm³/mol. The number of hydrogen-bond donors (Lipinski definition) is 1. The molecule has 0 fully saturated rings. The summed E-state index contributed by atoms with van der Waals surface area (Å²) in [7, 11) is 0. The maximum Gasteiger partial charge on any atom is 0.0438 e. The van der Waals surface area contributed by atoms with Crippen molar-refractivity contribution in [2.45, 2.75) is 59.4 Å². The van der Waals surface area contributed by atoms with Crippen molar-refractivity contribution in [2.75, 3.05) is 6.54 Å². The van der Waals surface area contributed by atoms with Gasteiger partial charge in [-0.15, -0.1) is 0 Å². The quantitative estimate of drug-likeness (QED) is 0.662. The Morgan fingerprint density at radius 1 is 1.21 bits per heavy atom. The number of rotatable bonds is 8. The van der Waals surface area contributed by atoms with Gasteiger partial charge in [0.2, 0.25) is 0 Å². The summed E-state index contributed by atoms with van der Waals surface area (Å²) < 4.78 is 0. The summed E-state index contributed by atoms with van der Waals surface area (Å²) in [6.07, 6.45) is 4.92. The lowest BCUT2D eigenvalue weighted by Gasteiger charge is -2.20. The van der Waals surface area contributed by atoms with Crippen molar-refractivity contribution in [2.24, 2.45) is 5.92 Å². The number of halogens is 1. The second-order valence-electron chi connectivity index (χ2n) is 5.84. The zero-order valence-corrected chi connectivity index (χ0v) is 13.6. The second-order valence-corrected chi connectivity index (χ2v) is 6.25. The highest BCUT2D eigenvalue weighted by Gasteiger charge is 2.11. The maximum atomic E-state index is 6.25. The Labute approximate surface area is 123 Å². The highest BCUT2D eigenvalue weighted by Crippen LogP contribution is 2.25. The van der Waals surface area contributed by atoms with E-state index in [1.165, 1.54) is 31.2 Å². The molecule has 1 nitrogen and oxygen atoms in total. The van der Waals surface area contributed by atoms with Crippen LogP contribution in [0.5, 0.6) is 0 Å². The molecule has 19 heavy (non-hydrogen) atoms. The molecule has 1 unspecified atom stereocenters. The Bertz CT molecular complexity index is 374. The average Bonchev–Trinajstić information content (AvgIpc) is 2.36. The van der Waals surface area contributed by atoms with Gasteiger partial charge in [-0.1, -0.05) is 57.3 Å². The molecule has 0 aliphatic heterocycles. The van der Waals surface area contributed by atoms with Gasteiger partial charge in [-0.05, 0) is 49.4 Å². The van der Waals surface area contributed by atoms with Crippen LogP contribution in [0.3, 0.4) is 0 Å². The fraction of sp³-hybridized carbons (Fsp3) is 0.647. The molecular weight excluding hydrogens is 254 g/mol. The van der Waals surface area contributed by atoms with Gasteiger partial charge >= 0.3 is 0 Å². The van der Waals surface area contributed by atoms with Gasteiger partial charge in [0, 0.05) is 11.1 Å². The van der Waals surface area contributed by atoms with Gasteiger partial charge < -0.3 is 5.32 Å². The lowest BCUT2D eigenvalue weighted by molar-refractivity contribution is 0.447. The standard InChI is InChI=1S/C17H28ClN/c1-5-11-19-17(8-6-7-13(2)3)15-10-9-14(4)16(18)12-15/h9-10,12-13,17,19H,5-8,11H2,1-4H3. The van der Waals surface area contributed by atoms with E-state index >= 15 is 0 Å². The highest BCUT2D eigenvalue weighted by molar-refractivity contribution is 6.31. The monoisotopic (exact) mass is 281 g/mol. The summed E-state index contributed by atoms with van der Waals surface area (Å²) >= 11 is 6.25. The minimum absolute atomic E-state index is 0.441. The molecule has 1 rings (SSSR count). The first kappa shape index (κ1) is 16.5. The van der Waals surface area contributed by atoms with Crippen molar-refractivity contribution in [3.05, 3.63) is 34.3 Å². The van der Waals surface area contributed by atoms with Crippen LogP contribution in [0, 0.1) is 12.8 Å². The normalized spacial score (nSPS) is 12.9. The summed E-state index contributed by atoms with van der Waals surface area (Å²) in [4.78, 5) is 0. The van der Waals surface area contributed by atoms with E-state index in [0.717, 1.165) is 23.0 Å². The van der Waals surface area contributed by atoms with Crippen LogP contribution in [-0.2, 0) is 0 Å². The smallest absolute Gasteiger partial charge is 0.0438 e. The van der Waals surface area contributed by atoms with Gasteiger partial charge in [0.1, 0.15) is 0 Å². The summed E-state index contributed by atoms with van der Waals surface area (Å²) in [5, 5.41) is 4.53. The van der Waals surface area contributed by atoms with Gasteiger partial charge in [0.25, 0.3) is 0 Å². The molecule has 0 aromatic heterocycles. The lowest BCUT2D eigenvalue weighted by atomic mass is 9.97. The van der Waals surface area contributed by atoms with Gasteiger partial charge in [0.05, 0.1) is 0 Å². The van der Waals surface area contributed by atoms with E-state index in [0.29, 0.717) is 6.04 Å². The molecule has 1 aromatic carbocycles. The van der Waals surface area contributed by atoms with E-state index in [9.17, 15) is 0 Å². The Kier molecular flexibility index (Phi) is 7.48. The molecule has 1 aromatic rings. The number of nitrogens with one attached hydrogen (secondary N) is 1. The van der Waals surface area contributed by atoms with Crippen molar-refractivity contribution in [3.63, 3.8) is 0 Å². The summed E-state index contributed by atoms with van der Waals surface area (Å²) in [5.41, 5.74) is 2.48. The van der Waals surface area contributed by atoms with Crippen molar-refractivity contribution in [1.82, 2.24) is 5.32 Å². The Morgan fingerprint density at radius 2 is 1.95 bits per heavy atom. The van der Waals surface area contributed by atoms with Crippen LogP contribution in [-0.4, -0.2) is 6.54 Å². The summed E-state index contributed by atoms with van der Waals surface area (Å²) in [5.74, 6) is 0.786. The topological polar surface area (TPSA) is 12.0 Å². The number of benzene rings is 1. The first-order valence-electron chi connectivity index (χ1n) is 7.54. The fourth-order valence-corrected chi connectivity index (χ4v) is 2.45. The molecule has 0 saturated carbocycles. The molecular formula is C17H28ClN. The highest BCUT2D eigenvalue weighted by atomic mass is 35.5. The number of aryl methyl sites for hydroxylation is 1. The molecule has 1 atom stereocenters. The third-order valence-corrected chi connectivity index (χ3v) is 3.92. The minimum Gasteiger partial charge on any atom is -0.310 e. The van der Waals surface area contributed by atoms with Crippen LogP contribution in [0.2, 0.25) is 5.02 Å². The maximum absolute atomic E-state index is 6.25. The van der Waals surface area contributed by atoms with Crippen molar-refractivity contribution < 1.29 is 0 Å². The Morgan fingerprint density at radius 3 is 2.53 bits per heavy atom. The van der Waals surface area contributed by atoms with E-state index in [2.05, 4.69) is 51.2 Å². The largest absolute Gasteiger partial charge is 0.310 e. The van der Waals surface area contributed by atoms with Gasteiger partial charge in [-0.3, -0.25) is 0 Å². The molecule has 0 spiro atoms. The predicted octanol–water partition coefficient (Wildman–Crippen LogP) is 5.52. The van der Waals surface area contributed by atoms with Crippen LogP contribution in [0.15, 0.2) is 18.2 Å². The van der Waals surface area contributed by atoms with E-state index in [-0.39, 0.29) is 0 Å². The molecule has 0 amide bonds. The third-order valence-electron chi connectivity index (χ3n) is 3.51. The van der Waals surface area contributed by atoms with E-state index in [1.807, 2.05) is 0 Å². The molecule has 2 heteroatoms. The van der Waals surface area contributed by atoms with Crippen LogP contribution in [0.25, 0.3) is 0 Å². The third kappa shape index (κ3) is 5.97. The first-order chi connectivity index (χ1) is 9.04. The summed E-state index contributed by atoms with van der Waals surface area (Å²) in [6.45, 7) is 9.91. The second kappa shape index (κ2) is 8.60. The summed E-state index contributed by atoms with van der Waals surface area (Å²) in [6, 6.07) is 6.90. The SMILES string of the molecule is CCCNC(CCCC(C)C)c1ccc(C)c(Cl)c1. The number of hydrogen-bond acceptors (Lipinski definition) is 1. The molecule has 108 valence electrons. The molecule has 0 aliphatic carbocycles. The first-order valence-corrected chi connectivity index (χ1v) is 7.91.